The summed E-state index contributed by atoms with van der Waals surface area (Å²) in [6.07, 6.45) is -4.28. The maximum atomic E-state index is 12.1. The van der Waals surface area contributed by atoms with E-state index in [9.17, 15) is 13.2 Å². The van der Waals surface area contributed by atoms with E-state index in [0.717, 1.165) is 9.13 Å². The van der Waals surface area contributed by atoms with Crippen molar-refractivity contribution in [2.75, 3.05) is 7.05 Å². The molecule has 1 nitrogen and oxygen atoms in total. The van der Waals surface area contributed by atoms with Crippen molar-refractivity contribution in [2.45, 2.75) is 31.5 Å². The number of rotatable bonds is 5. The van der Waals surface area contributed by atoms with Crippen molar-refractivity contribution in [1.82, 2.24) is 5.32 Å². The minimum Gasteiger partial charge on any atom is -0.313 e. The molecular formula is C12H14ClF3IN. The van der Waals surface area contributed by atoms with Crippen molar-refractivity contribution in [1.29, 1.82) is 0 Å². The van der Waals surface area contributed by atoms with E-state index in [2.05, 4.69) is 27.9 Å². The van der Waals surface area contributed by atoms with Crippen LogP contribution in [0.2, 0.25) is 5.02 Å². The zero-order valence-corrected chi connectivity index (χ0v) is 12.7. The quantitative estimate of drug-likeness (QED) is 0.701. The number of hydrogen-bond donors (Lipinski definition) is 1. The Kier molecular flexibility index (Phi) is 6.20. The largest absolute Gasteiger partial charge is 0.389 e. The lowest BCUT2D eigenvalue weighted by atomic mass is 10.0. The van der Waals surface area contributed by atoms with E-state index in [4.69, 9.17) is 11.6 Å². The second kappa shape index (κ2) is 6.96. The van der Waals surface area contributed by atoms with Crippen LogP contribution in [0.1, 0.15) is 30.9 Å². The summed E-state index contributed by atoms with van der Waals surface area (Å²) < 4.78 is 37.2. The summed E-state index contributed by atoms with van der Waals surface area (Å²) in [5, 5.41) is 3.65. The van der Waals surface area contributed by atoms with Crippen LogP contribution in [-0.4, -0.2) is 13.2 Å². The Bertz CT molecular complexity index is 395. The SMILES string of the molecule is CNC(CCCC(F)(F)F)c1ccc(I)c(Cl)c1. The second-order valence-electron chi connectivity index (χ2n) is 4.02. The first-order valence-corrected chi connectivity index (χ1v) is 6.98. The molecule has 0 spiro atoms. The molecule has 1 atom stereocenters. The third kappa shape index (κ3) is 5.32. The van der Waals surface area contributed by atoms with Gasteiger partial charge in [-0.25, -0.2) is 0 Å². The van der Waals surface area contributed by atoms with E-state index >= 15 is 0 Å². The molecule has 0 saturated heterocycles. The molecule has 0 aromatic heterocycles. The fourth-order valence-corrected chi connectivity index (χ4v) is 2.24. The van der Waals surface area contributed by atoms with Gasteiger partial charge >= 0.3 is 6.18 Å². The average molecular weight is 392 g/mol. The molecule has 1 unspecified atom stereocenters. The second-order valence-corrected chi connectivity index (χ2v) is 5.59. The van der Waals surface area contributed by atoms with Crippen LogP contribution < -0.4 is 5.32 Å². The van der Waals surface area contributed by atoms with Crippen molar-refractivity contribution in [3.63, 3.8) is 0 Å². The summed E-state index contributed by atoms with van der Waals surface area (Å²) in [5.74, 6) is 0. The molecule has 102 valence electrons. The summed E-state index contributed by atoms with van der Waals surface area (Å²) in [5.41, 5.74) is 0.921. The van der Waals surface area contributed by atoms with E-state index in [1.807, 2.05) is 12.1 Å². The monoisotopic (exact) mass is 391 g/mol. The summed E-state index contributed by atoms with van der Waals surface area (Å²) in [7, 11) is 1.74. The Morgan fingerprint density at radius 1 is 1.39 bits per heavy atom. The molecule has 18 heavy (non-hydrogen) atoms. The molecule has 0 aliphatic carbocycles. The van der Waals surface area contributed by atoms with Crippen molar-refractivity contribution in [3.8, 4) is 0 Å². The van der Waals surface area contributed by atoms with Gasteiger partial charge in [-0.05, 0) is 60.2 Å². The van der Waals surface area contributed by atoms with Crippen molar-refractivity contribution in [2.24, 2.45) is 0 Å². The van der Waals surface area contributed by atoms with Crippen LogP contribution in [0.3, 0.4) is 0 Å². The molecule has 1 N–H and O–H groups in total. The fraction of sp³-hybridized carbons (Fsp3) is 0.500. The van der Waals surface area contributed by atoms with Gasteiger partial charge in [0.25, 0.3) is 0 Å². The molecule has 6 heteroatoms. The Labute approximate surface area is 123 Å². The van der Waals surface area contributed by atoms with E-state index in [1.165, 1.54) is 0 Å². The minimum absolute atomic E-state index is 0.0955. The fourth-order valence-electron chi connectivity index (χ4n) is 1.71. The van der Waals surface area contributed by atoms with E-state index in [0.29, 0.717) is 11.4 Å². The highest BCUT2D eigenvalue weighted by Gasteiger charge is 2.26. The third-order valence-corrected chi connectivity index (χ3v) is 4.22. The summed E-state index contributed by atoms with van der Waals surface area (Å²) in [6, 6.07) is 5.47. The molecule has 0 aliphatic rings. The Hall–Kier alpha value is -0.0100. The molecule has 0 radical (unpaired) electrons. The molecule has 0 amide bonds. The van der Waals surface area contributed by atoms with Gasteiger partial charge in [0.2, 0.25) is 0 Å². The van der Waals surface area contributed by atoms with Gasteiger partial charge in [-0.2, -0.15) is 13.2 Å². The van der Waals surface area contributed by atoms with Crippen LogP contribution in [-0.2, 0) is 0 Å². The summed E-state index contributed by atoms with van der Waals surface area (Å²) >= 11 is 8.12. The zero-order chi connectivity index (χ0) is 13.8. The van der Waals surface area contributed by atoms with Gasteiger partial charge in [0.05, 0.1) is 5.02 Å². The predicted molar refractivity (Wildman–Crippen MR) is 75.9 cm³/mol. The molecule has 1 aromatic carbocycles. The van der Waals surface area contributed by atoms with Gasteiger partial charge in [-0.3, -0.25) is 0 Å². The Balaban J connectivity index is 2.63. The topological polar surface area (TPSA) is 12.0 Å². The molecule has 1 rings (SSSR count). The molecule has 0 fully saturated rings. The lowest BCUT2D eigenvalue weighted by molar-refractivity contribution is -0.135. The Morgan fingerprint density at radius 2 is 2.06 bits per heavy atom. The number of nitrogens with one attached hydrogen (secondary N) is 1. The lowest BCUT2D eigenvalue weighted by Gasteiger charge is -2.17. The first-order valence-electron chi connectivity index (χ1n) is 5.52. The van der Waals surface area contributed by atoms with Crippen molar-refractivity contribution in [3.05, 3.63) is 32.4 Å². The van der Waals surface area contributed by atoms with Crippen LogP contribution in [0, 0.1) is 3.57 Å². The highest BCUT2D eigenvalue weighted by atomic mass is 127. The number of benzene rings is 1. The van der Waals surface area contributed by atoms with Crippen LogP contribution in [0.4, 0.5) is 13.2 Å². The minimum atomic E-state index is -4.08. The first-order chi connectivity index (χ1) is 8.33. The molecule has 0 heterocycles. The zero-order valence-electron chi connectivity index (χ0n) is 9.82. The van der Waals surface area contributed by atoms with Crippen molar-refractivity contribution < 1.29 is 13.2 Å². The number of halogens is 5. The summed E-state index contributed by atoms with van der Waals surface area (Å²) in [6.45, 7) is 0. The average Bonchev–Trinajstić information content (AvgIpc) is 2.27. The van der Waals surface area contributed by atoms with Gasteiger partial charge in [0.15, 0.2) is 0 Å². The van der Waals surface area contributed by atoms with Gasteiger partial charge in [-0.15, -0.1) is 0 Å². The van der Waals surface area contributed by atoms with Gasteiger partial charge in [0, 0.05) is 16.0 Å². The van der Waals surface area contributed by atoms with Gasteiger partial charge in [-0.1, -0.05) is 17.7 Å². The maximum Gasteiger partial charge on any atom is 0.389 e. The predicted octanol–water partition coefficient (Wildman–Crippen LogP) is 4.94. The van der Waals surface area contributed by atoms with Crippen molar-refractivity contribution >= 4 is 34.2 Å². The van der Waals surface area contributed by atoms with Crippen LogP contribution >= 0.6 is 34.2 Å². The lowest BCUT2D eigenvalue weighted by Crippen LogP contribution is -2.17. The summed E-state index contributed by atoms with van der Waals surface area (Å²) in [4.78, 5) is 0. The van der Waals surface area contributed by atoms with E-state index in [1.54, 1.807) is 13.1 Å². The van der Waals surface area contributed by atoms with Crippen LogP contribution in [0.15, 0.2) is 18.2 Å². The molecule has 0 bridgehead atoms. The highest BCUT2D eigenvalue weighted by Crippen LogP contribution is 2.28. The smallest absolute Gasteiger partial charge is 0.313 e. The molecule has 0 saturated carbocycles. The van der Waals surface area contributed by atoms with Crippen LogP contribution in [0.25, 0.3) is 0 Å². The van der Waals surface area contributed by atoms with E-state index in [-0.39, 0.29) is 12.5 Å². The number of alkyl halides is 3. The molecule has 0 aliphatic heterocycles. The molecule has 1 aromatic rings. The van der Waals surface area contributed by atoms with Gasteiger partial charge in [0.1, 0.15) is 0 Å². The van der Waals surface area contributed by atoms with E-state index < -0.39 is 12.6 Å². The maximum absolute atomic E-state index is 12.1. The molecular weight excluding hydrogens is 377 g/mol. The van der Waals surface area contributed by atoms with Gasteiger partial charge < -0.3 is 5.32 Å². The standard InChI is InChI=1S/C12H14ClF3IN/c1-18-11(3-2-6-12(14,15)16)8-4-5-10(17)9(13)7-8/h4-5,7,11,18H,2-3,6H2,1H3. The Morgan fingerprint density at radius 3 is 2.56 bits per heavy atom. The third-order valence-electron chi connectivity index (χ3n) is 2.65. The highest BCUT2D eigenvalue weighted by molar-refractivity contribution is 14.1. The first kappa shape index (κ1) is 16.0. The van der Waals surface area contributed by atoms with Crippen LogP contribution in [0.5, 0.6) is 0 Å². The number of hydrogen-bond acceptors (Lipinski definition) is 1. The normalized spacial score (nSPS) is 13.7.